The average molecular weight is 365 g/mol. The van der Waals surface area contributed by atoms with Gasteiger partial charge in [0.05, 0.1) is 11.4 Å². The van der Waals surface area contributed by atoms with Crippen LogP contribution in [0.1, 0.15) is 30.9 Å². The Bertz CT molecular complexity index is 690. The molecule has 2 aromatic rings. The van der Waals surface area contributed by atoms with E-state index in [1.807, 2.05) is 0 Å². The Balaban J connectivity index is 1.83. The molecule has 0 fully saturated rings. The zero-order valence-electron chi connectivity index (χ0n) is 14.2. The van der Waals surface area contributed by atoms with Crippen LogP contribution in [-0.4, -0.2) is 18.3 Å². The van der Waals surface area contributed by atoms with Gasteiger partial charge in [-0.05, 0) is 29.2 Å². The second-order valence-corrected chi connectivity index (χ2v) is 6.80. The van der Waals surface area contributed by atoms with E-state index in [0.717, 1.165) is 5.56 Å². The topological polar surface area (TPSA) is 38.3 Å². The molecule has 0 heterocycles. The highest BCUT2D eigenvalue weighted by Crippen LogP contribution is 2.26. The van der Waals surface area contributed by atoms with Gasteiger partial charge >= 0.3 is 6.61 Å². The number of rotatable bonds is 8. The molecule has 0 aliphatic carbocycles. The summed E-state index contributed by atoms with van der Waals surface area (Å²) in [5.41, 5.74) is 2.67. The number of thioether (sulfide) groups is 1. The number of hydrogen-bond acceptors (Lipinski definition) is 3. The molecule has 0 radical (unpaired) electrons. The molecule has 0 saturated carbocycles. The van der Waals surface area contributed by atoms with E-state index < -0.39 is 6.61 Å². The summed E-state index contributed by atoms with van der Waals surface area (Å²) in [5.74, 6) is 1.13. The summed E-state index contributed by atoms with van der Waals surface area (Å²) in [4.78, 5) is 12.0. The first-order valence-corrected chi connectivity index (χ1v) is 9.11. The molecular weight excluding hydrogens is 344 g/mol. The zero-order chi connectivity index (χ0) is 18.2. The molecule has 0 aliphatic heterocycles. The number of carbonyl (C=O) groups excluding carboxylic acids is 1. The third-order valence-corrected chi connectivity index (χ3v) is 4.53. The van der Waals surface area contributed by atoms with Crippen LogP contribution in [0.25, 0.3) is 0 Å². The van der Waals surface area contributed by atoms with Crippen molar-refractivity contribution in [1.82, 2.24) is 0 Å². The Morgan fingerprint density at radius 2 is 1.80 bits per heavy atom. The van der Waals surface area contributed by atoms with Gasteiger partial charge in [-0.2, -0.15) is 8.78 Å². The van der Waals surface area contributed by atoms with Crippen LogP contribution in [0.4, 0.5) is 14.5 Å². The van der Waals surface area contributed by atoms with Crippen molar-refractivity contribution in [2.75, 3.05) is 11.1 Å². The number of carbonyl (C=O) groups is 1. The fourth-order valence-electron chi connectivity index (χ4n) is 2.22. The van der Waals surface area contributed by atoms with E-state index in [-0.39, 0.29) is 23.1 Å². The summed E-state index contributed by atoms with van der Waals surface area (Å²) in [7, 11) is 0. The van der Waals surface area contributed by atoms with Crippen LogP contribution in [-0.2, 0) is 10.5 Å². The van der Waals surface area contributed by atoms with E-state index >= 15 is 0 Å². The second-order valence-electron chi connectivity index (χ2n) is 5.81. The molecule has 0 atom stereocenters. The molecule has 25 heavy (non-hydrogen) atoms. The smallest absolute Gasteiger partial charge is 0.387 e. The fraction of sp³-hybridized carbons (Fsp3) is 0.316. The minimum Gasteiger partial charge on any atom is -0.433 e. The monoisotopic (exact) mass is 365 g/mol. The predicted molar refractivity (Wildman–Crippen MR) is 98.4 cm³/mol. The molecule has 0 aromatic heterocycles. The Morgan fingerprint density at radius 1 is 1.12 bits per heavy atom. The minimum atomic E-state index is -2.93. The maximum atomic E-state index is 12.4. The van der Waals surface area contributed by atoms with Crippen LogP contribution in [0.2, 0.25) is 0 Å². The van der Waals surface area contributed by atoms with Crippen LogP contribution >= 0.6 is 11.8 Å². The van der Waals surface area contributed by atoms with E-state index in [0.29, 0.717) is 11.7 Å². The molecular formula is C19H21F2NO2S. The Labute approximate surface area is 150 Å². The molecule has 1 amide bonds. The number of ether oxygens (including phenoxy) is 1. The van der Waals surface area contributed by atoms with Crippen molar-refractivity contribution in [2.24, 2.45) is 0 Å². The number of benzene rings is 2. The highest BCUT2D eigenvalue weighted by Gasteiger charge is 2.11. The van der Waals surface area contributed by atoms with Crippen molar-refractivity contribution < 1.29 is 18.3 Å². The van der Waals surface area contributed by atoms with Gasteiger partial charge in [0.15, 0.2) is 0 Å². The van der Waals surface area contributed by atoms with Crippen molar-refractivity contribution >= 4 is 23.4 Å². The number of amides is 1. The quantitative estimate of drug-likeness (QED) is 0.691. The van der Waals surface area contributed by atoms with Gasteiger partial charge < -0.3 is 10.1 Å². The lowest BCUT2D eigenvalue weighted by atomic mass is 10.0. The van der Waals surface area contributed by atoms with Gasteiger partial charge in [-0.15, -0.1) is 11.8 Å². The van der Waals surface area contributed by atoms with Gasteiger partial charge in [-0.1, -0.05) is 50.2 Å². The summed E-state index contributed by atoms with van der Waals surface area (Å²) in [6.45, 7) is 1.36. The Hall–Kier alpha value is -2.08. The summed E-state index contributed by atoms with van der Waals surface area (Å²) in [6.07, 6.45) is 0. The number of anilines is 1. The molecule has 3 nitrogen and oxygen atoms in total. The molecule has 2 aromatic carbocycles. The van der Waals surface area contributed by atoms with Crippen LogP contribution < -0.4 is 10.1 Å². The van der Waals surface area contributed by atoms with Crippen molar-refractivity contribution in [3.05, 3.63) is 59.7 Å². The predicted octanol–water partition coefficient (Wildman–Crippen LogP) is 5.28. The molecule has 1 N–H and O–H groups in total. The third-order valence-electron chi connectivity index (χ3n) is 3.53. The van der Waals surface area contributed by atoms with Crippen LogP contribution in [0.5, 0.6) is 5.75 Å². The van der Waals surface area contributed by atoms with E-state index in [9.17, 15) is 13.6 Å². The third kappa shape index (κ3) is 6.38. The first-order valence-electron chi connectivity index (χ1n) is 7.96. The first-order chi connectivity index (χ1) is 12.0. The summed E-state index contributed by atoms with van der Waals surface area (Å²) < 4.78 is 29.1. The van der Waals surface area contributed by atoms with Gasteiger partial charge in [0.2, 0.25) is 5.91 Å². The number of alkyl halides is 2. The normalized spacial score (nSPS) is 11.0. The number of para-hydroxylation sites is 2. The molecule has 134 valence electrons. The highest BCUT2D eigenvalue weighted by atomic mass is 32.2. The van der Waals surface area contributed by atoms with E-state index in [4.69, 9.17) is 0 Å². The largest absolute Gasteiger partial charge is 0.433 e. The SMILES string of the molecule is CC(C)c1ccc(CSCC(=O)Nc2ccccc2OC(F)F)cc1. The molecule has 0 aliphatic rings. The number of nitrogens with one attached hydrogen (secondary N) is 1. The maximum absolute atomic E-state index is 12.4. The van der Waals surface area contributed by atoms with E-state index in [2.05, 4.69) is 48.2 Å². The Morgan fingerprint density at radius 3 is 2.44 bits per heavy atom. The van der Waals surface area contributed by atoms with E-state index in [1.54, 1.807) is 12.1 Å². The van der Waals surface area contributed by atoms with Crippen molar-refractivity contribution in [1.29, 1.82) is 0 Å². The minimum absolute atomic E-state index is 0.0416. The lowest BCUT2D eigenvalue weighted by Crippen LogP contribution is -2.15. The van der Waals surface area contributed by atoms with Crippen LogP contribution in [0.3, 0.4) is 0 Å². The van der Waals surface area contributed by atoms with Crippen molar-refractivity contribution in [2.45, 2.75) is 32.1 Å². The van der Waals surface area contributed by atoms with E-state index in [1.165, 1.54) is 29.5 Å². The number of hydrogen-bond donors (Lipinski definition) is 1. The lowest BCUT2D eigenvalue weighted by molar-refractivity contribution is -0.113. The van der Waals surface area contributed by atoms with Crippen LogP contribution in [0, 0.1) is 0 Å². The average Bonchev–Trinajstić information content (AvgIpc) is 2.56. The van der Waals surface area contributed by atoms with Gasteiger partial charge in [-0.3, -0.25) is 4.79 Å². The Kier molecular flexibility index (Phi) is 7.25. The number of halogens is 2. The molecule has 6 heteroatoms. The molecule has 0 unspecified atom stereocenters. The molecule has 2 rings (SSSR count). The standard InChI is InChI=1S/C19H21F2NO2S/c1-13(2)15-9-7-14(8-10-15)11-25-12-18(23)22-16-5-3-4-6-17(16)24-19(20)21/h3-10,13,19H,11-12H2,1-2H3,(H,22,23). The molecule has 0 spiro atoms. The lowest BCUT2D eigenvalue weighted by Gasteiger charge is -2.11. The second kappa shape index (κ2) is 9.42. The maximum Gasteiger partial charge on any atom is 0.387 e. The zero-order valence-corrected chi connectivity index (χ0v) is 15.0. The highest BCUT2D eigenvalue weighted by molar-refractivity contribution is 7.99. The van der Waals surface area contributed by atoms with Crippen molar-refractivity contribution in [3.8, 4) is 5.75 Å². The molecule has 0 saturated heterocycles. The molecule has 0 bridgehead atoms. The van der Waals surface area contributed by atoms with Gasteiger partial charge in [0, 0.05) is 5.75 Å². The first kappa shape index (κ1) is 19.2. The fourth-order valence-corrected chi connectivity index (χ4v) is 3.00. The van der Waals surface area contributed by atoms with Crippen molar-refractivity contribution in [3.63, 3.8) is 0 Å². The summed E-state index contributed by atoms with van der Waals surface area (Å²) in [5, 5.41) is 2.61. The van der Waals surface area contributed by atoms with Gasteiger partial charge in [-0.25, -0.2) is 0 Å². The van der Waals surface area contributed by atoms with Crippen LogP contribution in [0.15, 0.2) is 48.5 Å². The van der Waals surface area contributed by atoms with Gasteiger partial charge in [0.1, 0.15) is 5.75 Å². The van der Waals surface area contributed by atoms with Gasteiger partial charge in [0.25, 0.3) is 0 Å². The summed E-state index contributed by atoms with van der Waals surface area (Å²) >= 11 is 1.47. The summed E-state index contributed by atoms with van der Waals surface area (Å²) in [6, 6.07) is 14.5.